The summed E-state index contributed by atoms with van der Waals surface area (Å²) in [5.41, 5.74) is 5.25. The topological polar surface area (TPSA) is 51.8 Å². The fourth-order valence-electron chi connectivity index (χ4n) is 0.326. The molecule has 0 aromatic carbocycles. The summed E-state index contributed by atoms with van der Waals surface area (Å²) in [6, 6.07) is 3.53. The molecule has 0 unspecified atom stereocenters. The molecule has 0 aliphatic carbocycles. The Morgan fingerprint density at radius 1 is 1.44 bits per heavy atom. The van der Waals surface area contributed by atoms with Crippen molar-refractivity contribution in [3.63, 3.8) is 0 Å². The van der Waals surface area contributed by atoms with Crippen molar-refractivity contribution in [2.24, 2.45) is 0 Å². The van der Waals surface area contributed by atoms with Crippen LogP contribution in [0.3, 0.4) is 0 Å². The molecule has 1 heterocycles. The van der Waals surface area contributed by atoms with Crippen molar-refractivity contribution < 1.29 is 25.4 Å². The van der Waals surface area contributed by atoms with E-state index in [2.05, 4.69) is 32.8 Å². The number of halogens is 2. The zero-order chi connectivity index (χ0) is 5.98. The fourth-order valence-corrected chi connectivity index (χ4v) is 0.614. The maximum absolute atomic E-state index is 5.25. The highest BCUT2D eigenvalue weighted by Gasteiger charge is 1.85. The second-order valence-electron chi connectivity index (χ2n) is 1.28. The number of hydrogen-bond acceptors (Lipinski definition) is 3. The van der Waals surface area contributed by atoms with Gasteiger partial charge in [0, 0.05) is 0 Å². The third kappa shape index (κ3) is 3.14. The Kier molecular flexibility index (Phi) is 4.36. The standard InChI is InChI=1S/C4H4IN3.HI/c5-3-1-2-4(6)8-7-3;/h1-2H,(H2,6,8);1H. The fraction of sp³-hybridized carbons (Fsp3) is 0. The maximum atomic E-state index is 5.25. The minimum atomic E-state index is 0. The predicted molar refractivity (Wildman–Crippen MR) is 40.3 cm³/mol. The van der Waals surface area contributed by atoms with Crippen LogP contribution in [0.4, 0.5) is 5.82 Å². The lowest BCUT2D eigenvalue weighted by atomic mass is 10.6. The van der Waals surface area contributed by atoms with Crippen LogP contribution in [0.2, 0.25) is 0 Å². The van der Waals surface area contributed by atoms with E-state index >= 15 is 0 Å². The molecule has 0 bridgehead atoms. The van der Waals surface area contributed by atoms with Gasteiger partial charge < -0.3 is 29.7 Å². The van der Waals surface area contributed by atoms with Crippen molar-refractivity contribution in [1.82, 2.24) is 10.2 Å². The van der Waals surface area contributed by atoms with Gasteiger partial charge in [-0.3, -0.25) is 0 Å². The molecule has 3 nitrogen and oxygen atoms in total. The number of nitrogens with zero attached hydrogens (tertiary/aromatic N) is 2. The van der Waals surface area contributed by atoms with E-state index < -0.39 is 0 Å². The second kappa shape index (κ2) is 4.20. The van der Waals surface area contributed by atoms with E-state index in [4.69, 9.17) is 5.73 Å². The van der Waals surface area contributed by atoms with Gasteiger partial charge in [0.05, 0.1) is 0 Å². The maximum Gasteiger partial charge on any atom is 1.00 e. The Balaban J connectivity index is 0. The van der Waals surface area contributed by atoms with Gasteiger partial charge in [-0.1, -0.05) is 0 Å². The lowest BCUT2D eigenvalue weighted by molar-refractivity contribution is -0.00000166. The summed E-state index contributed by atoms with van der Waals surface area (Å²) in [6.45, 7) is 0. The van der Waals surface area contributed by atoms with Crippen molar-refractivity contribution in [3.05, 3.63) is 15.8 Å². The minimum absolute atomic E-state index is 0. The second-order valence-corrected chi connectivity index (χ2v) is 2.39. The van der Waals surface area contributed by atoms with E-state index in [-0.39, 0.29) is 25.4 Å². The molecule has 0 aliphatic heterocycles. The van der Waals surface area contributed by atoms with Crippen molar-refractivity contribution in [3.8, 4) is 0 Å². The van der Waals surface area contributed by atoms with Crippen LogP contribution >= 0.6 is 22.6 Å². The van der Waals surface area contributed by atoms with Crippen LogP contribution in [0.5, 0.6) is 0 Å². The number of nitrogen functional groups attached to an aromatic ring is 1. The van der Waals surface area contributed by atoms with Crippen LogP contribution in [0.25, 0.3) is 0 Å². The zero-order valence-electron chi connectivity index (χ0n) is 5.38. The van der Waals surface area contributed by atoms with Crippen molar-refractivity contribution in [1.29, 1.82) is 0 Å². The van der Waals surface area contributed by atoms with Gasteiger partial charge in [0.1, 0.15) is 9.52 Å². The van der Waals surface area contributed by atoms with Crippen LogP contribution in [0.1, 0.15) is 1.43 Å². The van der Waals surface area contributed by atoms with E-state index in [0.717, 1.165) is 3.70 Å². The Morgan fingerprint density at radius 3 is 2.44 bits per heavy atom. The molecule has 0 atom stereocenters. The summed E-state index contributed by atoms with van der Waals surface area (Å²) >= 11 is 2.07. The van der Waals surface area contributed by atoms with Gasteiger partial charge in [-0.2, -0.15) is 0 Å². The number of aromatic nitrogens is 2. The smallest absolute Gasteiger partial charge is 1.00 e. The number of hydrogen-bond donors (Lipinski definition) is 1. The van der Waals surface area contributed by atoms with Gasteiger partial charge in [-0.25, -0.2) is 0 Å². The Morgan fingerprint density at radius 2 is 2.11 bits per heavy atom. The highest BCUT2D eigenvalue weighted by molar-refractivity contribution is 14.1. The molecule has 5 heteroatoms. The van der Waals surface area contributed by atoms with Gasteiger partial charge >= 0.3 is 1.43 Å². The Hall–Kier alpha value is 0.340. The molecule has 1 rings (SSSR count). The summed E-state index contributed by atoms with van der Waals surface area (Å²) in [5.74, 6) is 0.463. The molecule has 0 amide bonds. The van der Waals surface area contributed by atoms with Gasteiger partial charge in [0.15, 0.2) is 0 Å². The summed E-state index contributed by atoms with van der Waals surface area (Å²) in [7, 11) is 0. The van der Waals surface area contributed by atoms with E-state index in [1.165, 1.54) is 0 Å². The molecule has 1 aromatic rings. The summed E-state index contributed by atoms with van der Waals surface area (Å²) in [5, 5.41) is 7.29. The molecule has 9 heavy (non-hydrogen) atoms. The number of anilines is 1. The quantitative estimate of drug-likeness (QED) is 0.540. The predicted octanol–water partition coefficient (Wildman–Crippen LogP) is -2.22. The van der Waals surface area contributed by atoms with Gasteiger partial charge in [-0.15, -0.1) is 10.2 Å². The molecule has 0 saturated carbocycles. The Labute approximate surface area is 85.1 Å². The number of nitrogens with two attached hydrogens (primary N) is 1. The normalized spacial score (nSPS) is 8.11. The first-order valence-corrected chi connectivity index (χ1v) is 3.11. The zero-order valence-corrected chi connectivity index (χ0v) is 8.70. The third-order valence-corrected chi connectivity index (χ3v) is 1.23. The van der Waals surface area contributed by atoms with E-state index in [1.807, 2.05) is 6.07 Å². The molecular formula is C4H5I2N3. The van der Waals surface area contributed by atoms with Crippen LogP contribution < -0.4 is 29.7 Å². The molecule has 2 N–H and O–H groups in total. The first-order chi connectivity index (χ1) is 3.79. The van der Waals surface area contributed by atoms with Gasteiger partial charge in [0.2, 0.25) is 0 Å². The van der Waals surface area contributed by atoms with Crippen LogP contribution in [0, 0.1) is 3.70 Å². The van der Waals surface area contributed by atoms with Crippen molar-refractivity contribution >= 4 is 28.4 Å². The van der Waals surface area contributed by atoms with Crippen LogP contribution in [-0.2, 0) is 0 Å². The van der Waals surface area contributed by atoms with Crippen LogP contribution in [0.15, 0.2) is 12.1 Å². The Bertz CT molecular complexity index is 157. The average Bonchev–Trinajstić information content (AvgIpc) is 1.77. The van der Waals surface area contributed by atoms with E-state index in [9.17, 15) is 0 Å². The lowest BCUT2D eigenvalue weighted by Crippen LogP contribution is -3.00. The highest BCUT2D eigenvalue weighted by Crippen LogP contribution is 1.98. The monoisotopic (exact) mass is 349 g/mol. The van der Waals surface area contributed by atoms with E-state index in [0.29, 0.717) is 5.82 Å². The van der Waals surface area contributed by atoms with Crippen LogP contribution in [-0.4, -0.2) is 10.2 Å². The molecule has 0 radical (unpaired) electrons. The molecular weight excluding hydrogens is 344 g/mol. The SMILES string of the molecule is Nc1ccc(I)nn1.[H+].[I-]. The van der Waals surface area contributed by atoms with Crippen molar-refractivity contribution in [2.75, 3.05) is 5.73 Å². The molecule has 0 spiro atoms. The summed E-state index contributed by atoms with van der Waals surface area (Å²) < 4.78 is 0.858. The van der Waals surface area contributed by atoms with Gasteiger partial charge in [-0.05, 0) is 34.7 Å². The first kappa shape index (κ1) is 9.34. The highest BCUT2D eigenvalue weighted by atomic mass is 127. The average molecular weight is 349 g/mol. The summed E-state index contributed by atoms with van der Waals surface area (Å²) in [6.07, 6.45) is 0. The molecule has 1 aromatic heterocycles. The molecule has 0 fully saturated rings. The van der Waals surface area contributed by atoms with Gasteiger partial charge in [0.25, 0.3) is 0 Å². The molecule has 0 saturated heterocycles. The third-order valence-electron chi connectivity index (χ3n) is 0.653. The first-order valence-electron chi connectivity index (χ1n) is 2.04. The summed E-state index contributed by atoms with van der Waals surface area (Å²) in [4.78, 5) is 0. The molecule has 0 aliphatic rings. The minimum Gasteiger partial charge on any atom is -1.00 e. The largest absolute Gasteiger partial charge is 1.00 e. The molecule has 50 valence electrons. The van der Waals surface area contributed by atoms with E-state index in [1.54, 1.807) is 6.07 Å². The lowest BCUT2D eigenvalue weighted by Gasteiger charge is -1.86. The van der Waals surface area contributed by atoms with Crippen molar-refractivity contribution in [2.45, 2.75) is 0 Å². The number of rotatable bonds is 0.